The van der Waals surface area contributed by atoms with Gasteiger partial charge in [0.2, 0.25) is 15.9 Å². The summed E-state index contributed by atoms with van der Waals surface area (Å²) >= 11 is 0. The monoisotopic (exact) mass is 445 g/mol. The van der Waals surface area contributed by atoms with Gasteiger partial charge >= 0.3 is 0 Å². The average molecular weight is 446 g/mol. The zero-order valence-corrected chi connectivity index (χ0v) is 19.0. The van der Waals surface area contributed by atoms with Crippen LogP contribution in [-0.2, 0) is 21.2 Å². The molecular formula is C23H31N3O4S. The molecule has 1 aliphatic rings. The molecule has 1 atom stereocenters. The number of likely N-dealkylation sites (N-methyl/N-ethyl adjacent to an activating group) is 1. The van der Waals surface area contributed by atoms with E-state index in [-0.39, 0.29) is 10.8 Å². The number of hydrogen-bond acceptors (Lipinski definition) is 5. The molecule has 1 amide bonds. The predicted molar refractivity (Wildman–Crippen MR) is 121 cm³/mol. The molecule has 0 radical (unpaired) electrons. The van der Waals surface area contributed by atoms with E-state index in [4.69, 9.17) is 4.74 Å². The van der Waals surface area contributed by atoms with Gasteiger partial charge < -0.3 is 14.5 Å². The summed E-state index contributed by atoms with van der Waals surface area (Å²) in [6, 6.07) is 14.8. The second-order valence-corrected chi connectivity index (χ2v) is 9.24. The Morgan fingerprint density at radius 3 is 2.23 bits per heavy atom. The van der Waals surface area contributed by atoms with Crippen molar-refractivity contribution in [2.45, 2.75) is 31.2 Å². The smallest absolute Gasteiger partial charge is 0.241 e. The summed E-state index contributed by atoms with van der Waals surface area (Å²) in [4.78, 5) is 17.5. The summed E-state index contributed by atoms with van der Waals surface area (Å²) in [5.74, 6) is 0.418. The molecule has 168 valence electrons. The van der Waals surface area contributed by atoms with Crippen molar-refractivity contribution in [3.63, 3.8) is 0 Å². The Balaban J connectivity index is 1.79. The Morgan fingerprint density at radius 1 is 1.00 bits per heavy atom. The maximum absolute atomic E-state index is 13.3. The van der Waals surface area contributed by atoms with Gasteiger partial charge in [-0.1, -0.05) is 37.3 Å². The maximum atomic E-state index is 13.3. The van der Waals surface area contributed by atoms with E-state index < -0.39 is 16.1 Å². The van der Waals surface area contributed by atoms with Crippen molar-refractivity contribution >= 4 is 15.9 Å². The van der Waals surface area contributed by atoms with E-state index in [1.165, 1.54) is 12.1 Å². The van der Waals surface area contributed by atoms with Crippen molar-refractivity contribution in [3.05, 3.63) is 60.2 Å². The Bertz CT molecular complexity index is 941. The van der Waals surface area contributed by atoms with E-state index in [2.05, 4.69) is 16.5 Å². The number of piperazine rings is 1. The zero-order valence-electron chi connectivity index (χ0n) is 18.2. The molecule has 0 bridgehead atoms. The highest BCUT2D eigenvalue weighted by Gasteiger charge is 2.31. The predicted octanol–water partition coefficient (Wildman–Crippen LogP) is 2.14. The highest BCUT2D eigenvalue weighted by atomic mass is 32.2. The first-order valence-electron chi connectivity index (χ1n) is 10.7. The first-order valence-corrected chi connectivity index (χ1v) is 12.2. The number of carbonyl (C=O) groups is 1. The van der Waals surface area contributed by atoms with Crippen molar-refractivity contribution in [3.8, 4) is 5.75 Å². The van der Waals surface area contributed by atoms with Gasteiger partial charge in [-0.2, -0.15) is 4.72 Å². The fourth-order valence-corrected chi connectivity index (χ4v) is 4.86. The molecule has 2 aromatic carbocycles. The first kappa shape index (κ1) is 23.2. The van der Waals surface area contributed by atoms with Crippen LogP contribution in [0.4, 0.5) is 0 Å². The van der Waals surface area contributed by atoms with E-state index in [1.807, 2.05) is 37.3 Å². The van der Waals surface area contributed by atoms with Crippen LogP contribution in [0.1, 0.15) is 19.4 Å². The molecule has 0 aromatic heterocycles. The van der Waals surface area contributed by atoms with Gasteiger partial charge in [-0.15, -0.1) is 0 Å². The summed E-state index contributed by atoms with van der Waals surface area (Å²) in [6.07, 6.45) is 0.296. The molecule has 0 saturated carbocycles. The SMILES string of the molecule is CCOc1ccc(S(=O)(=O)N[C@@H](Cc2ccccc2)C(=O)N2CCN(CC)CC2)cc1. The summed E-state index contributed by atoms with van der Waals surface area (Å²) < 4.78 is 34.2. The Kier molecular flexibility index (Phi) is 8.06. The molecule has 1 aliphatic heterocycles. The average Bonchev–Trinajstić information content (AvgIpc) is 2.79. The second-order valence-electron chi connectivity index (χ2n) is 7.53. The van der Waals surface area contributed by atoms with Gasteiger partial charge in [0, 0.05) is 26.2 Å². The number of rotatable bonds is 9. The standard InChI is InChI=1S/C23H31N3O4S/c1-3-25-14-16-26(17-15-25)23(27)22(18-19-8-6-5-7-9-19)24-31(28,29)21-12-10-20(11-13-21)30-4-2/h5-13,22,24H,3-4,14-18H2,1-2H3/t22-/m0/s1. The van der Waals surface area contributed by atoms with E-state index in [0.717, 1.165) is 25.2 Å². The summed E-state index contributed by atoms with van der Waals surface area (Å²) in [5, 5.41) is 0. The summed E-state index contributed by atoms with van der Waals surface area (Å²) in [7, 11) is -3.87. The molecule has 7 nitrogen and oxygen atoms in total. The zero-order chi connectivity index (χ0) is 22.3. The van der Waals surface area contributed by atoms with E-state index >= 15 is 0 Å². The normalized spacial score (nSPS) is 16.1. The third-order valence-electron chi connectivity index (χ3n) is 5.45. The van der Waals surface area contributed by atoms with Crippen LogP contribution in [0.3, 0.4) is 0 Å². The van der Waals surface area contributed by atoms with Crippen LogP contribution in [0, 0.1) is 0 Å². The van der Waals surface area contributed by atoms with Crippen LogP contribution in [-0.4, -0.2) is 69.5 Å². The molecule has 0 unspecified atom stereocenters. The lowest BCUT2D eigenvalue weighted by Gasteiger charge is -2.36. The molecule has 1 saturated heterocycles. The lowest BCUT2D eigenvalue weighted by molar-refractivity contribution is -0.134. The number of nitrogens with zero attached hydrogens (tertiary/aromatic N) is 2. The lowest BCUT2D eigenvalue weighted by atomic mass is 10.1. The van der Waals surface area contributed by atoms with E-state index in [1.54, 1.807) is 17.0 Å². The minimum atomic E-state index is -3.87. The molecule has 1 N–H and O–H groups in total. The lowest BCUT2D eigenvalue weighted by Crippen LogP contribution is -2.55. The van der Waals surface area contributed by atoms with Gasteiger partial charge in [-0.3, -0.25) is 4.79 Å². The third kappa shape index (κ3) is 6.29. The Labute approximate surface area is 185 Å². The van der Waals surface area contributed by atoms with E-state index in [0.29, 0.717) is 31.9 Å². The van der Waals surface area contributed by atoms with Crippen LogP contribution in [0.5, 0.6) is 5.75 Å². The Morgan fingerprint density at radius 2 is 1.65 bits per heavy atom. The number of carbonyl (C=O) groups excluding carboxylic acids is 1. The summed E-state index contributed by atoms with van der Waals surface area (Å²) in [5.41, 5.74) is 0.905. The second kappa shape index (κ2) is 10.7. The fourth-order valence-electron chi connectivity index (χ4n) is 3.67. The largest absolute Gasteiger partial charge is 0.494 e. The van der Waals surface area contributed by atoms with Crippen molar-refractivity contribution in [2.75, 3.05) is 39.3 Å². The Hall–Kier alpha value is -2.42. The number of amides is 1. The van der Waals surface area contributed by atoms with Crippen LogP contribution in [0.2, 0.25) is 0 Å². The molecular weight excluding hydrogens is 414 g/mol. The minimum Gasteiger partial charge on any atom is -0.494 e. The summed E-state index contributed by atoms with van der Waals surface area (Å²) in [6.45, 7) is 8.21. The van der Waals surface area contributed by atoms with E-state index in [9.17, 15) is 13.2 Å². The fraction of sp³-hybridized carbons (Fsp3) is 0.435. The van der Waals surface area contributed by atoms with Crippen molar-refractivity contribution < 1.29 is 17.9 Å². The molecule has 0 spiro atoms. The van der Waals surface area contributed by atoms with Gasteiger partial charge in [0.05, 0.1) is 11.5 Å². The maximum Gasteiger partial charge on any atom is 0.241 e. The topological polar surface area (TPSA) is 78.9 Å². The molecule has 31 heavy (non-hydrogen) atoms. The van der Waals surface area contributed by atoms with Crippen molar-refractivity contribution in [1.29, 1.82) is 0 Å². The molecule has 1 fully saturated rings. The number of sulfonamides is 1. The highest BCUT2D eigenvalue weighted by molar-refractivity contribution is 7.89. The number of hydrogen-bond donors (Lipinski definition) is 1. The first-order chi connectivity index (χ1) is 14.9. The van der Waals surface area contributed by atoms with Crippen LogP contribution >= 0.6 is 0 Å². The van der Waals surface area contributed by atoms with Gasteiger partial charge in [0.15, 0.2) is 0 Å². The number of nitrogens with one attached hydrogen (secondary N) is 1. The van der Waals surface area contributed by atoms with Crippen molar-refractivity contribution in [1.82, 2.24) is 14.5 Å². The van der Waals surface area contributed by atoms with Crippen LogP contribution in [0.25, 0.3) is 0 Å². The van der Waals surface area contributed by atoms with Crippen LogP contribution < -0.4 is 9.46 Å². The molecule has 2 aromatic rings. The highest BCUT2D eigenvalue weighted by Crippen LogP contribution is 2.18. The van der Waals surface area contributed by atoms with Gasteiger partial charge in [-0.25, -0.2) is 8.42 Å². The van der Waals surface area contributed by atoms with Gasteiger partial charge in [-0.05, 0) is 49.7 Å². The minimum absolute atomic E-state index is 0.109. The third-order valence-corrected chi connectivity index (χ3v) is 6.94. The number of ether oxygens (including phenoxy) is 1. The van der Waals surface area contributed by atoms with Crippen molar-refractivity contribution in [2.24, 2.45) is 0 Å². The molecule has 3 rings (SSSR count). The van der Waals surface area contributed by atoms with Gasteiger partial charge in [0.25, 0.3) is 0 Å². The molecule has 8 heteroatoms. The number of benzene rings is 2. The quantitative estimate of drug-likeness (QED) is 0.640. The molecule has 1 heterocycles. The van der Waals surface area contributed by atoms with Gasteiger partial charge in [0.1, 0.15) is 11.8 Å². The van der Waals surface area contributed by atoms with Crippen LogP contribution in [0.15, 0.2) is 59.5 Å². The molecule has 0 aliphatic carbocycles.